The zero-order chi connectivity index (χ0) is 18.1. The van der Waals surface area contributed by atoms with E-state index >= 15 is 0 Å². The maximum absolute atomic E-state index is 11.0. The van der Waals surface area contributed by atoms with Crippen molar-refractivity contribution in [3.8, 4) is 0 Å². The smallest absolute Gasteiger partial charge is 0.218 e. The van der Waals surface area contributed by atoms with Crippen LogP contribution in [0.1, 0.15) is 59.8 Å². The van der Waals surface area contributed by atoms with E-state index in [-0.39, 0.29) is 9.85 Å². The van der Waals surface area contributed by atoms with E-state index in [0.29, 0.717) is 32.5 Å². The van der Waals surface area contributed by atoms with E-state index < -0.39 is 11.1 Å². The topological polar surface area (TPSA) is 116 Å². The molecule has 0 fully saturated rings. The van der Waals surface area contributed by atoms with Gasteiger partial charge in [-0.05, 0) is 25.9 Å². The van der Waals surface area contributed by atoms with Crippen molar-refractivity contribution < 1.29 is 9.85 Å². The van der Waals surface area contributed by atoms with Gasteiger partial charge in [0.2, 0.25) is 11.1 Å². The maximum Gasteiger partial charge on any atom is 0.218 e. The average molecular weight is 332 g/mol. The summed E-state index contributed by atoms with van der Waals surface area (Å²) < 4.78 is 0. The Morgan fingerprint density at radius 2 is 1.26 bits per heavy atom. The molecule has 23 heavy (non-hydrogen) atoms. The molecule has 8 nitrogen and oxygen atoms in total. The second-order valence-corrected chi connectivity index (χ2v) is 7.33. The van der Waals surface area contributed by atoms with Gasteiger partial charge in [0, 0.05) is 63.5 Å². The molecule has 0 radical (unpaired) electrons. The predicted octanol–water partition coefficient (Wildman–Crippen LogP) is 2.31. The lowest BCUT2D eigenvalue weighted by Gasteiger charge is -2.27. The Labute approximate surface area is 138 Å². The fourth-order valence-corrected chi connectivity index (χ4v) is 2.04. The molecule has 0 aliphatic carbocycles. The van der Waals surface area contributed by atoms with Gasteiger partial charge < -0.3 is 10.6 Å². The summed E-state index contributed by atoms with van der Waals surface area (Å²) in [6, 6.07) is 0. The molecular weight excluding hydrogens is 300 g/mol. The van der Waals surface area contributed by atoms with E-state index in [1.165, 1.54) is 0 Å². The Kier molecular flexibility index (Phi) is 9.23. The van der Waals surface area contributed by atoms with Crippen LogP contribution in [0.4, 0.5) is 0 Å². The summed E-state index contributed by atoms with van der Waals surface area (Å²) in [5, 5.41) is 22.0. The molecule has 0 bridgehead atoms. The molecule has 0 aliphatic rings. The maximum atomic E-state index is 11.0. The second kappa shape index (κ2) is 9.77. The number of nitrogens with two attached hydrogens (primary N) is 1. The van der Waals surface area contributed by atoms with Crippen molar-refractivity contribution in [1.29, 1.82) is 0 Å². The van der Waals surface area contributed by atoms with Crippen molar-refractivity contribution in [1.82, 2.24) is 4.90 Å². The molecule has 0 amide bonds. The summed E-state index contributed by atoms with van der Waals surface area (Å²) in [6.07, 6.45) is 3.76. The van der Waals surface area contributed by atoms with Gasteiger partial charge in [0.15, 0.2) is 0 Å². The molecule has 0 spiro atoms. The molecule has 0 heterocycles. The highest BCUT2D eigenvalue weighted by molar-refractivity contribution is 4.74. The van der Waals surface area contributed by atoms with E-state index in [1.54, 1.807) is 27.7 Å². The van der Waals surface area contributed by atoms with Gasteiger partial charge in [0.05, 0.1) is 0 Å². The van der Waals surface area contributed by atoms with Crippen LogP contribution in [0.15, 0.2) is 0 Å². The first-order chi connectivity index (χ1) is 10.5. The van der Waals surface area contributed by atoms with E-state index in [4.69, 9.17) is 5.73 Å². The number of nitro groups is 2. The highest BCUT2D eigenvalue weighted by Crippen LogP contribution is 2.17. The highest BCUT2D eigenvalue weighted by atomic mass is 16.6. The molecule has 136 valence electrons. The minimum atomic E-state index is -0.978. The van der Waals surface area contributed by atoms with Crippen molar-refractivity contribution in [2.75, 3.05) is 26.2 Å². The minimum absolute atomic E-state index is 0.263. The highest BCUT2D eigenvalue weighted by Gasteiger charge is 2.33. The number of hydrogen-bond donors (Lipinski definition) is 1. The SMILES string of the molecule is CC(C)(CCN(CCCCCN)CCC(C)(C)[N+](=O)[O-])[N+](=O)[O-]. The molecule has 0 atom stereocenters. The van der Waals surface area contributed by atoms with Gasteiger partial charge in [0.25, 0.3) is 0 Å². The largest absolute Gasteiger partial charge is 0.330 e. The van der Waals surface area contributed by atoms with Gasteiger partial charge in [-0.2, -0.15) is 0 Å². The minimum Gasteiger partial charge on any atom is -0.330 e. The van der Waals surface area contributed by atoms with Crippen molar-refractivity contribution >= 4 is 0 Å². The average Bonchev–Trinajstić information content (AvgIpc) is 2.45. The van der Waals surface area contributed by atoms with Crippen LogP contribution in [0.3, 0.4) is 0 Å². The normalized spacial score (nSPS) is 12.6. The van der Waals surface area contributed by atoms with Crippen molar-refractivity contribution in [3.63, 3.8) is 0 Å². The quantitative estimate of drug-likeness (QED) is 0.314. The summed E-state index contributed by atoms with van der Waals surface area (Å²) in [7, 11) is 0. The second-order valence-electron chi connectivity index (χ2n) is 7.33. The summed E-state index contributed by atoms with van der Waals surface area (Å²) in [4.78, 5) is 23.6. The Bertz CT molecular complexity index is 356. The van der Waals surface area contributed by atoms with Crippen LogP contribution in [0.5, 0.6) is 0 Å². The van der Waals surface area contributed by atoms with Crippen molar-refractivity contribution in [3.05, 3.63) is 20.2 Å². The molecule has 0 saturated heterocycles. The molecule has 0 aromatic carbocycles. The van der Waals surface area contributed by atoms with Gasteiger partial charge in [-0.3, -0.25) is 20.2 Å². The first-order valence-corrected chi connectivity index (χ1v) is 8.24. The zero-order valence-corrected chi connectivity index (χ0v) is 14.9. The Balaban J connectivity index is 4.56. The Morgan fingerprint density at radius 1 is 0.826 bits per heavy atom. The molecule has 0 aromatic heterocycles. The molecular formula is C15H32N4O4. The molecule has 0 unspecified atom stereocenters. The predicted molar refractivity (Wildman–Crippen MR) is 90.7 cm³/mol. The van der Waals surface area contributed by atoms with E-state index in [0.717, 1.165) is 25.8 Å². The third-order valence-electron chi connectivity index (χ3n) is 4.25. The van der Waals surface area contributed by atoms with Crippen LogP contribution >= 0.6 is 0 Å². The van der Waals surface area contributed by atoms with Crippen LogP contribution in [0.2, 0.25) is 0 Å². The number of unbranched alkanes of at least 4 members (excludes halogenated alkanes) is 2. The lowest BCUT2D eigenvalue weighted by molar-refractivity contribution is -0.562. The Morgan fingerprint density at radius 3 is 1.61 bits per heavy atom. The summed E-state index contributed by atoms with van der Waals surface area (Å²) in [5.41, 5.74) is 3.52. The standard InChI is InChI=1S/C15H32N4O4/c1-14(2,18(20)21)8-12-17(11-7-5-6-10-16)13-9-15(3,4)19(22)23/h5-13,16H2,1-4H3. The van der Waals surface area contributed by atoms with E-state index in [9.17, 15) is 20.2 Å². The van der Waals surface area contributed by atoms with Gasteiger partial charge in [-0.1, -0.05) is 6.42 Å². The number of hydrogen-bond acceptors (Lipinski definition) is 6. The monoisotopic (exact) mass is 332 g/mol. The van der Waals surface area contributed by atoms with Crippen LogP contribution in [0.25, 0.3) is 0 Å². The van der Waals surface area contributed by atoms with Crippen molar-refractivity contribution in [2.24, 2.45) is 5.73 Å². The lowest BCUT2D eigenvalue weighted by atomic mass is 9.99. The number of rotatable bonds is 13. The summed E-state index contributed by atoms with van der Waals surface area (Å²) in [6.45, 7) is 9.04. The van der Waals surface area contributed by atoms with Crippen LogP contribution in [0, 0.1) is 20.2 Å². The van der Waals surface area contributed by atoms with Crippen LogP contribution < -0.4 is 5.73 Å². The molecule has 2 N–H and O–H groups in total. The van der Waals surface area contributed by atoms with Crippen molar-refractivity contribution in [2.45, 2.75) is 70.9 Å². The van der Waals surface area contributed by atoms with Gasteiger partial charge in [0.1, 0.15) is 0 Å². The van der Waals surface area contributed by atoms with E-state index in [2.05, 4.69) is 4.90 Å². The van der Waals surface area contributed by atoms with Gasteiger partial charge in [-0.25, -0.2) is 0 Å². The zero-order valence-electron chi connectivity index (χ0n) is 14.9. The fourth-order valence-electron chi connectivity index (χ4n) is 2.04. The van der Waals surface area contributed by atoms with Crippen LogP contribution in [-0.2, 0) is 0 Å². The molecule has 0 saturated carbocycles. The van der Waals surface area contributed by atoms with Gasteiger partial charge >= 0.3 is 0 Å². The third kappa shape index (κ3) is 8.80. The first kappa shape index (κ1) is 21.7. The molecule has 0 aliphatic heterocycles. The lowest BCUT2D eigenvalue weighted by Crippen LogP contribution is -2.40. The van der Waals surface area contributed by atoms with Gasteiger partial charge in [-0.15, -0.1) is 0 Å². The van der Waals surface area contributed by atoms with Crippen LogP contribution in [-0.4, -0.2) is 52.0 Å². The fraction of sp³-hybridized carbons (Fsp3) is 1.00. The van der Waals surface area contributed by atoms with E-state index in [1.807, 2.05) is 0 Å². The summed E-state index contributed by atoms with van der Waals surface area (Å²) >= 11 is 0. The summed E-state index contributed by atoms with van der Waals surface area (Å²) in [5.74, 6) is 0. The number of nitrogens with zero attached hydrogens (tertiary/aromatic N) is 3. The Hall–Kier alpha value is -1.28. The molecule has 8 heteroatoms. The molecule has 0 aromatic rings. The first-order valence-electron chi connectivity index (χ1n) is 8.24. The third-order valence-corrected chi connectivity index (χ3v) is 4.25. The molecule has 0 rings (SSSR count).